The third-order valence-electron chi connectivity index (χ3n) is 7.04. The van der Waals surface area contributed by atoms with E-state index in [0.717, 1.165) is 19.3 Å². The van der Waals surface area contributed by atoms with Crippen LogP contribution in [0.4, 0.5) is 21.9 Å². The van der Waals surface area contributed by atoms with Crippen LogP contribution in [0.5, 0.6) is 11.6 Å². The number of urea groups is 1. The van der Waals surface area contributed by atoms with E-state index in [2.05, 4.69) is 32.5 Å². The maximum atomic E-state index is 13.5. The number of benzene rings is 1. The third-order valence-corrected chi connectivity index (χ3v) is 8.13. The number of amides is 4. The summed E-state index contributed by atoms with van der Waals surface area (Å²) in [5, 5.41) is 9.55. The number of nitrogens with one attached hydrogen (secondary N) is 3. The highest BCUT2D eigenvalue weighted by Gasteiger charge is 2.35. The Morgan fingerprint density at radius 3 is 2.62 bits per heavy atom. The summed E-state index contributed by atoms with van der Waals surface area (Å²) >= 11 is 1.22. The first-order valence-corrected chi connectivity index (χ1v) is 13.7. The van der Waals surface area contributed by atoms with Gasteiger partial charge < -0.3 is 20.7 Å². The number of anilines is 3. The summed E-state index contributed by atoms with van der Waals surface area (Å²) in [6, 6.07) is 13.8. The van der Waals surface area contributed by atoms with E-state index in [-0.39, 0.29) is 23.9 Å². The fourth-order valence-corrected chi connectivity index (χ4v) is 6.22. The average Bonchev–Trinajstić information content (AvgIpc) is 3.55. The monoisotopic (exact) mass is 554 g/mol. The molecule has 1 fully saturated rings. The second-order valence-corrected chi connectivity index (χ2v) is 10.6. The van der Waals surface area contributed by atoms with E-state index in [0.29, 0.717) is 49.5 Å². The molecule has 11 heteroatoms. The molecule has 2 atom stereocenters. The number of rotatable bonds is 7. The second-order valence-electron chi connectivity index (χ2n) is 9.58. The molecule has 2 aliphatic rings. The summed E-state index contributed by atoms with van der Waals surface area (Å²) in [4.78, 5) is 50.3. The first-order chi connectivity index (χ1) is 19.4. The summed E-state index contributed by atoms with van der Waals surface area (Å²) in [5.41, 5.74) is 2.22. The first kappa shape index (κ1) is 25.5. The highest BCUT2D eigenvalue weighted by atomic mass is 32.1. The lowest BCUT2D eigenvalue weighted by atomic mass is 10.1. The maximum Gasteiger partial charge on any atom is 0.331 e. The minimum absolute atomic E-state index is 0.178. The molecule has 0 spiro atoms. The van der Waals surface area contributed by atoms with Gasteiger partial charge in [0.05, 0.1) is 28.1 Å². The molecule has 0 bridgehead atoms. The van der Waals surface area contributed by atoms with Crippen LogP contribution < -0.4 is 25.6 Å². The Bertz CT molecular complexity index is 1650. The van der Waals surface area contributed by atoms with Crippen LogP contribution in [0.1, 0.15) is 34.6 Å². The average molecular weight is 555 g/mol. The van der Waals surface area contributed by atoms with E-state index in [1.54, 1.807) is 24.4 Å². The molecular formula is C29H26N6O4S. The zero-order valence-electron chi connectivity index (χ0n) is 21.6. The topological polar surface area (TPSA) is 126 Å². The molecular weight excluding hydrogens is 528 g/mol. The zero-order valence-corrected chi connectivity index (χ0v) is 22.5. The number of pyridine rings is 2. The molecule has 1 aromatic carbocycles. The summed E-state index contributed by atoms with van der Waals surface area (Å²) in [5.74, 6) is 0.486. The van der Waals surface area contributed by atoms with Gasteiger partial charge in [-0.25, -0.2) is 14.8 Å². The molecule has 4 amide bonds. The van der Waals surface area contributed by atoms with Crippen LogP contribution in [0.2, 0.25) is 0 Å². The number of carbonyl (C=O) groups excluding carboxylic acids is 3. The van der Waals surface area contributed by atoms with Crippen LogP contribution in [0.15, 0.2) is 67.4 Å². The molecule has 202 valence electrons. The summed E-state index contributed by atoms with van der Waals surface area (Å²) < 4.78 is 5.85. The summed E-state index contributed by atoms with van der Waals surface area (Å²) in [6.07, 6.45) is 5.24. The van der Waals surface area contributed by atoms with Gasteiger partial charge in [0.25, 0.3) is 5.91 Å². The molecule has 10 nitrogen and oxygen atoms in total. The highest BCUT2D eigenvalue weighted by Crippen LogP contribution is 2.46. The molecule has 40 heavy (non-hydrogen) atoms. The highest BCUT2D eigenvalue weighted by molar-refractivity contribution is 7.21. The Morgan fingerprint density at radius 2 is 1.88 bits per heavy atom. The van der Waals surface area contributed by atoms with Crippen molar-refractivity contribution >= 4 is 56.5 Å². The van der Waals surface area contributed by atoms with Crippen molar-refractivity contribution in [3.63, 3.8) is 0 Å². The minimum Gasteiger partial charge on any atom is -0.439 e. The Hall–Kier alpha value is -4.77. The van der Waals surface area contributed by atoms with E-state index in [1.165, 1.54) is 22.3 Å². The summed E-state index contributed by atoms with van der Waals surface area (Å²) in [7, 11) is 0. The number of para-hydroxylation sites is 1. The predicted molar refractivity (Wildman–Crippen MR) is 154 cm³/mol. The van der Waals surface area contributed by atoms with Crippen molar-refractivity contribution in [1.29, 1.82) is 0 Å². The van der Waals surface area contributed by atoms with Crippen LogP contribution in [0.25, 0.3) is 10.2 Å². The lowest BCUT2D eigenvalue weighted by Gasteiger charge is -2.29. The number of hydrogen-bond donors (Lipinski definition) is 3. The van der Waals surface area contributed by atoms with Crippen LogP contribution in [-0.4, -0.2) is 39.9 Å². The lowest BCUT2D eigenvalue weighted by Crippen LogP contribution is -2.48. The molecule has 3 aromatic heterocycles. The van der Waals surface area contributed by atoms with E-state index >= 15 is 0 Å². The van der Waals surface area contributed by atoms with E-state index in [1.807, 2.05) is 37.3 Å². The fraction of sp³-hybridized carbons (Fsp3) is 0.207. The molecule has 0 saturated heterocycles. The van der Waals surface area contributed by atoms with Gasteiger partial charge in [-0.2, -0.15) is 0 Å². The molecule has 4 heterocycles. The van der Waals surface area contributed by atoms with Crippen LogP contribution >= 0.6 is 11.3 Å². The quantitative estimate of drug-likeness (QED) is 0.262. The molecule has 1 aliphatic carbocycles. The molecule has 3 N–H and O–H groups in total. The van der Waals surface area contributed by atoms with Crippen molar-refractivity contribution < 1.29 is 19.1 Å². The minimum atomic E-state index is -0.411. The number of aryl methyl sites for hydroxylation is 1. The normalized spacial score (nSPS) is 17.8. The van der Waals surface area contributed by atoms with Gasteiger partial charge >= 0.3 is 6.03 Å². The number of hydrogen-bond acceptors (Lipinski definition) is 7. The number of ether oxygens (including phenoxy) is 1. The number of carbonyl (C=O) groups is 3. The van der Waals surface area contributed by atoms with Gasteiger partial charge in [-0.3, -0.25) is 14.5 Å². The van der Waals surface area contributed by atoms with Crippen molar-refractivity contribution in [3.05, 3.63) is 78.0 Å². The molecule has 1 saturated carbocycles. The van der Waals surface area contributed by atoms with Gasteiger partial charge in [0.1, 0.15) is 15.5 Å². The van der Waals surface area contributed by atoms with Crippen molar-refractivity contribution in [2.75, 3.05) is 10.2 Å². The van der Waals surface area contributed by atoms with Crippen LogP contribution in [0, 0.1) is 6.92 Å². The molecule has 1 aliphatic heterocycles. The number of thiophene rings is 1. The second kappa shape index (κ2) is 10.4. The van der Waals surface area contributed by atoms with Crippen molar-refractivity contribution in [2.24, 2.45) is 0 Å². The Balaban J connectivity index is 1.30. The van der Waals surface area contributed by atoms with E-state index in [4.69, 9.17) is 4.74 Å². The standard InChI is InChI=1S/C29H26N6O4S/c1-3-22(36)32-18-10-7-11-19(18)33-27(37)26-25-24-21(14-15-30-28(24)40-26)35(29(38)34-25)20-12-13-23(31-16(20)2)39-17-8-5-4-6-9-17/h3-6,8-9,12-15,18-19H,1,7,10-11H2,2H3,(H,32,36)(H,33,37)(H,34,38)/t18-,19-/m1/s1. The molecule has 4 aromatic rings. The van der Waals surface area contributed by atoms with Gasteiger partial charge in [0.2, 0.25) is 11.8 Å². The van der Waals surface area contributed by atoms with Gasteiger partial charge in [-0.1, -0.05) is 24.8 Å². The summed E-state index contributed by atoms with van der Waals surface area (Å²) in [6.45, 7) is 5.31. The predicted octanol–water partition coefficient (Wildman–Crippen LogP) is 5.43. The fourth-order valence-electron chi connectivity index (χ4n) is 5.20. The first-order valence-electron chi connectivity index (χ1n) is 12.9. The van der Waals surface area contributed by atoms with Crippen molar-refractivity contribution in [1.82, 2.24) is 20.6 Å². The number of aromatic nitrogens is 2. The van der Waals surface area contributed by atoms with Crippen molar-refractivity contribution in [2.45, 2.75) is 38.3 Å². The number of nitrogens with zero attached hydrogens (tertiary/aromatic N) is 3. The Kier molecular flexibility index (Phi) is 6.64. The van der Waals surface area contributed by atoms with Gasteiger partial charge in [0.15, 0.2) is 0 Å². The smallest absolute Gasteiger partial charge is 0.331 e. The van der Waals surface area contributed by atoms with Gasteiger partial charge in [-0.05, 0) is 56.5 Å². The molecule has 0 radical (unpaired) electrons. The largest absolute Gasteiger partial charge is 0.439 e. The van der Waals surface area contributed by atoms with Crippen LogP contribution in [0.3, 0.4) is 0 Å². The van der Waals surface area contributed by atoms with Crippen LogP contribution in [-0.2, 0) is 4.79 Å². The van der Waals surface area contributed by atoms with Gasteiger partial charge in [-0.15, -0.1) is 11.3 Å². The Labute approximate surface area is 234 Å². The lowest BCUT2D eigenvalue weighted by molar-refractivity contribution is -0.117. The van der Waals surface area contributed by atoms with Crippen molar-refractivity contribution in [3.8, 4) is 11.6 Å². The van der Waals surface area contributed by atoms with E-state index in [9.17, 15) is 14.4 Å². The maximum absolute atomic E-state index is 13.5. The molecule has 0 unspecified atom stereocenters. The van der Waals surface area contributed by atoms with E-state index < -0.39 is 6.03 Å². The Morgan fingerprint density at radius 1 is 1.10 bits per heavy atom. The SMILES string of the molecule is C=CC(=O)N[C@@H]1CCC[C@H]1NC(=O)c1sc2nccc3c2c1NC(=O)N3c1ccc(Oc2ccccc2)nc1C. The van der Waals surface area contributed by atoms with Gasteiger partial charge in [0, 0.05) is 24.3 Å². The zero-order chi connectivity index (χ0) is 27.8. The third kappa shape index (κ3) is 4.64. The molecule has 6 rings (SSSR count).